The van der Waals surface area contributed by atoms with Crippen LogP contribution in [0, 0.1) is 13.8 Å². The van der Waals surface area contributed by atoms with Crippen molar-refractivity contribution in [3.63, 3.8) is 0 Å². The SMILES string of the molecule is Cc1sc2ncnc(Oc3cc(Cl)c(Cl)cc3Cl)c2c1C. The Morgan fingerprint density at radius 2 is 1.71 bits per heavy atom. The number of thiophene rings is 1. The molecule has 0 fully saturated rings. The monoisotopic (exact) mass is 358 g/mol. The fraction of sp³-hybridized carbons (Fsp3) is 0.143. The van der Waals surface area contributed by atoms with Gasteiger partial charge in [0.05, 0.1) is 20.5 Å². The third-order valence-electron chi connectivity index (χ3n) is 3.11. The fourth-order valence-electron chi connectivity index (χ4n) is 1.91. The zero-order valence-corrected chi connectivity index (χ0v) is 14.2. The lowest BCUT2D eigenvalue weighted by molar-refractivity contribution is 0.468. The molecule has 0 aliphatic rings. The van der Waals surface area contributed by atoms with Crippen LogP contribution in [0.15, 0.2) is 18.5 Å². The number of benzene rings is 1. The number of aryl methyl sites for hydroxylation is 2. The van der Waals surface area contributed by atoms with Crippen LogP contribution in [0.1, 0.15) is 10.4 Å². The molecule has 3 nitrogen and oxygen atoms in total. The summed E-state index contributed by atoms with van der Waals surface area (Å²) >= 11 is 19.7. The van der Waals surface area contributed by atoms with Crippen LogP contribution in [0.2, 0.25) is 15.1 Å². The first-order valence-corrected chi connectivity index (χ1v) is 7.95. The Kier molecular flexibility index (Phi) is 3.97. The molecule has 3 aromatic rings. The zero-order chi connectivity index (χ0) is 15.1. The van der Waals surface area contributed by atoms with E-state index in [0.717, 1.165) is 15.8 Å². The second kappa shape index (κ2) is 5.61. The van der Waals surface area contributed by atoms with Gasteiger partial charge in [-0.1, -0.05) is 34.8 Å². The Balaban J connectivity index is 2.12. The van der Waals surface area contributed by atoms with Crippen molar-refractivity contribution in [3.05, 3.63) is 44.0 Å². The summed E-state index contributed by atoms with van der Waals surface area (Å²) in [6, 6.07) is 3.12. The van der Waals surface area contributed by atoms with E-state index in [2.05, 4.69) is 9.97 Å². The number of halogens is 3. The van der Waals surface area contributed by atoms with Crippen LogP contribution in [0.25, 0.3) is 10.2 Å². The second-order valence-corrected chi connectivity index (χ2v) is 6.87. The smallest absolute Gasteiger partial charge is 0.231 e. The summed E-state index contributed by atoms with van der Waals surface area (Å²) < 4.78 is 5.83. The van der Waals surface area contributed by atoms with Gasteiger partial charge in [-0.15, -0.1) is 11.3 Å². The molecule has 0 unspecified atom stereocenters. The zero-order valence-electron chi connectivity index (χ0n) is 11.1. The molecule has 0 atom stereocenters. The third kappa shape index (κ3) is 2.69. The van der Waals surface area contributed by atoms with E-state index < -0.39 is 0 Å². The van der Waals surface area contributed by atoms with Gasteiger partial charge in [0.25, 0.3) is 0 Å². The molecule has 0 radical (unpaired) electrons. The average Bonchev–Trinajstić information content (AvgIpc) is 2.72. The van der Waals surface area contributed by atoms with Crippen molar-refractivity contribution in [2.24, 2.45) is 0 Å². The first kappa shape index (κ1) is 14.9. The van der Waals surface area contributed by atoms with Gasteiger partial charge in [0.15, 0.2) is 0 Å². The van der Waals surface area contributed by atoms with Crippen LogP contribution in [0.5, 0.6) is 11.6 Å². The molecule has 7 heteroatoms. The summed E-state index contributed by atoms with van der Waals surface area (Å²) in [6.07, 6.45) is 1.47. The van der Waals surface area contributed by atoms with Crippen molar-refractivity contribution in [2.75, 3.05) is 0 Å². The maximum atomic E-state index is 6.14. The Morgan fingerprint density at radius 3 is 2.48 bits per heavy atom. The predicted molar refractivity (Wildman–Crippen MR) is 88.4 cm³/mol. The molecule has 1 aromatic carbocycles. The molecule has 0 amide bonds. The minimum absolute atomic E-state index is 0.375. The molecule has 0 aliphatic carbocycles. The summed E-state index contributed by atoms with van der Waals surface area (Å²) in [5.74, 6) is 0.872. The van der Waals surface area contributed by atoms with Crippen LogP contribution in [-0.2, 0) is 0 Å². The average molecular weight is 360 g/mol. The minimum Gasteiger partial charge on any atom is -0.437 e. The number of rotatable bonds is 2. The Morgan fingerprint density at radius 1 is 1.00 bits per heavy atom. The van der Waals surface area contributed by atoms with E-state index in [-0.39, 0.29) is 0 Å². The van der Waals surface area contributed by atoms with E-state index in [1.807, 2.05) is 13.8 Å². The Bertz CT molecular complexity index is 848. The van der Waals surface area contributed by atoms with Crippen molar-refractivity contribution in [2.45, 2.75) is 13.8 Å². The number of ether oxygens (including phenoxy) is 1. The van der Waals surface area contributed by atoms with Crippen molar-refractivity contribution in [1.29, 1.82) is 0 Å². The van der Waals surface area contributed by atoms with Gasteiger partial charge in [0.1, 0.15) is 16.9 Å². The molecule has 21 heavy (non-hydrogen) atoms. The number of aromatic nitrogens is 2. The topological polar surface area (TPSA) is 35.0 Å². The molecule has 0 aliphatic heterocycles. The molecule has 2 aromatic heterocycles. The lowest BCUT2D eigenvalue weighted by Crippen LogP contribution is -1.91. The van der Waals surface area contributed by atoms with Gasteiger partial charge in [-0.05, 0) is 25.5 Å². The van der Waals surface area contributed by atoms with E-state index in [9.17, 15) is 0 Å². The fourth-order valence-corrected chi connectivity index (χ4v) is 3.48. The van der Waals surface area contributed by atoms with E-state index >= 15 is 0 Å². The Hall–Kier alpha value is -1.07. The molecule has 0 bridgehead atoms. The standard InChI is InChI=1S/C14H9Cl3N2OS/c1-6-7(2)21-14-12(6)13(18-5-19-14)20-11-4-9(16)8(15)3-10(11)17/h3-5H,1-2H3. The quantitative estimate of drug-likeness (QED) is 0.522. The van der Waals surface area contributed by atoms with Gasteiger partial charge < -0.3 is 4.74 Å². The summed E-state index contributed by atoms with van der Waals surface area (Å²) in [5.41, 5.74) is 1.10. The summed E-state index contributed by atoms with van der Waals surface area (Å²) in [6.45, 7) is 4.05. The van der Waals surface area contributed by atoms with Crippen molar-refractivity contribution >= 4 is 56.4 Å². The van der Waals surface area contributed by atoms with Crippen LogP contribution in [0.4, 0.5) is 0 Å². The number of hydrogen-bond acceptors (Lipinski definition) is 4. The predicted octanol–water partition coefficient (Wildman–Crippen LogP) is 6.06. The molecule has 0 spiro atoms. The second-order valence-electron chi connectivity index (χ2n) is 4.44. The van der Waals surface area contributed by atoms with Gasteiger partial charge in [-0.3, -0.25) is 0 Å². The van der Waals surface area contributed by atoms with Crippen LogP contribution in [0.3, 0.4) is 0 Å². The lowest BCUT2D eigenvalue weighted by atomic mass is 10.2. The van der Waals surface area contributed by atoms with Crippen molar-refractivity contribution < 1.29 is 4.74 Å². The molecular weight excluding hydrogens is 351 g/mol. The minimum atomic E-state index is 0.375. The van der Waals surface area contributed by atoms with Crippen LogP contribution >= 0.6 is 46.1 Å². The van der Waals surface area contributed by atoms with E-state index in [4.69, 9.17) is 39.5 Å². The maximum Gasteiger partial charge on any atom is 0.231 e. The highest BCUT2D eigenvalue weighted by atomic mass is 35.5. The van der Waals surface area contributed by atoms with Gasteiger partial charge in [0.2, 0.25) is 5.88 Å². The van der Waals surface area contributed by atoms with E-state index in [0.29, 0.717) is 26.7 Å². The first-order chi connectivity index (χ1) is 9.97. The van der Waals surface area contributed by atoms with E-state index in [1.54, 1.807) is 23.5 Å². The normalized spacial score (nSPS) is 11.1. The largest absolute Gasteiger partial charge is 0.437 e. The number of hydrogen-bond donors (Lipinski definition) is 0. The van der Waals surface area contributed by atoms with Crippen molar-refractivity contribution in [3.8, 4) is 11.6 Å². The summed E-state index contributed by atoms with van der Waals surface area (Å²) in [5, 5.41) is 2.02. The molecular formula is C14H9Cl3N2OS. The van der Waals surface area contributed by atoms with Gasteiger partial charge >= 0.3 is 0 Å². The summed E-state index contributed by atoms with van der Waals surface area (Å²) in [7, 11) is 0. The Labute approximate surface area is 140 Å². The number of nitrogens with zero attached hydrogens (tertiary/aromatic N) is 2. The molecule has 108 valence electrons. The molecule has 0 saturated carbocycles. The highest BCUT2D eigenvalue weighted by Gasteiger charge is 2.15. The highest BCUT2D eigenvalue weighted by Crippen LogP contribution is 2.39. The van der Waals surface area contributed by atoms with Gasteiger partial charge in [-0.25, -0.2) is 9.97 Å². The highest BCUT2D eigenvalue weighted by molar-refractivity contribution is 7.18. The molecule has 0 N–H and O–H groups in total. The summed E-state index contributed by atoms with van der Waals surface area (Å²) in [4.78, 5) is 10.5. The van der Waals surface area contributed by atoms with Gasteiger partial charge in [-0.2, -0.15) is 0 Å². The number of fused-ring (bicyclic) bond motifs is 1. The van der Waals surface area contributed by atoms with Crippen LogP contribution < -0.4 is 4.74 Å². The maximum absolute atomic E-state index is 6.14. The van der Waals surface area contributed by atoms with Crippen LogP contribution in [-0.4, -0.2) is 9.97 Å². The third-order valence-corrected chi connectivity index (χ3v) is 5.24. The van der Waals surface area contributed by atoms with Crippen molar-refractivity contribution in [1.82, 2.24) is 9.97 Å². The van der Waals surface area contributed by atoms with Gasteiger partial charge in [0, 0.05) is 10.9 Å². The molecule has 0 saturated heterocycles. The van der Waals surface area contributed by atoms with E-state index in [1.165, 1.54) is 11.2 Å². The molecule has 2 heterocycles. The first-order valence-electron chi connectivity index (χ1n) is 6.00. The molecule has 3 rings (SSSR count). The lowest BCUT2D eigenvalue weighted by Gasteiger charge is -2.09.